The highest BCUT2D eigenvalue weighted by Gasteiger charge is 2.26. The summed E-state index contributed by atoms with van der Waals surface area (Å²) in [6.45, 7) is 2.13. The molecule has 0 aromatic heterocycles. The molecule has 1 nitrogen and oxygen atoms in total. The third kappa shape index (κ3) is 2.40. The van der Waals surface area contributed by atoms with Gasteiger partial charge in [-0.3, -0.25) is 4.79 Å². The smallest absolute Gasteiger partial charge is 0.170 e. The van der Waals surface area contributed by atoms with Crippen molar-refractivity contribution in [1.82, 2.24) is 0 Å². The molecule has 0 spiro atoms. The molecular formula is C19H20O. The zero-order chi connectivity index (χ0) is 13.9. The number of benzene rings is 2. The van der Waals surface area contributed by atoms with Gasteiger partial charge >= 0.3 is 0 Å². The molecule has 0 saturated heterocycles. The Morgan fingerprint density at radius 3 is 2.60 bits per heavy atom. The van der Waals surface area contributed by atoms with Gasteiger partial charge in [-0.25, -0.2) is 0 Å². The van der Waals surface area contributed by atoms with Crippen LogP contribution in [0.3, 0.4) is 0 Å². The van der Waals surface area contributed by atoms with Crippen molar-refractivity contribution in [2.75, 3.05) is 0 Å². The summed E-state index contributed by atoms with van der Waals surface area (Å²) in [5.41, 5.74) is 4.72. The molecule has 20 heavy (non-hydrogen) atoms. The van der Waals surface area contributed by atoms with E-state index in [-0.39, 0.29) is 11.7 Å². The van der Waals surface area contributed by atoms with Crippen LogP contribution in [-0.4, -0.2) is 5.78 Å². The number of hydrogen-bond acceptors (Lipinski definition) is 1. The first-order valence-corrected chi connectivity index (χ1v) is 7.50. The van der Waals surface area contributed by atoms with E-state index in [4.69, 9.17) is 0 Å². The Labute approximate surface area is 120 Å². The zero-order valence-corrected chi connectivity index (χ0v) is 11.9. The molecule has 0 radical (unpaired) electrons. The minimum absolute atomic E-state index is 0.0485. The number of carbonyl (C=O) groups excluding carboxylic acids is 1. The van der Waals surface area contributed by atoms with Gasteiger partial charge in [-0.15, -0.1) is 0 Å². The molecule has 1 atom stereocenters. The van der Waals surface area contributed by atoms with Crippen molar-refractivity contribution in [2.45, 2.75) is 38.5 Å². The van der Waals surface area contributed by atoms with E-state index < -0.39 is 0 Å². The van der Waals surface area contributed by atoms with Crippen LogP contribution in [-0.2, 0) is 12.8 Å². The highest BCUT2D eigenvalue weighted by Crippen LogP contribution is 2.33. The monoisotopic (exact) mass is 264 g/mol. The Morgan fingerprint density at radius 1 is 1.10 bits per heavy atom. The first-order chi connectivity index (χ1) is 9.79. The van der Waals surface area contributed by atoms with Crippen molar-refractivity contribution in [3.8, 4) is 0 Å². The van der Waals surface area contributed by atoms with Crippen molar-refractivity contribution in [1.29, 1.82) is 0 Å². The second-order valence-corrected chi connectivity index (χ2v) is 5.56. The maximum absolute atomic E-state index is 12.8. The summed E-state index contributed by atoms with van der Waals surface area (Å²) < 4.78 is 0. The average Bonchev–Trinajstić information content (AvgIpc) is 2.54. The van der Waals surface area contributed by atoms with Gasteiger partial charge in [0.15, 0.2) is 5.78 Å². The van der Waals surface area contributed by atoms with Crippen LogP contribution in [0.1, 0.15) is 52.7 Å². The molecule has 102 valence electrons. The standard InChI is InChI=1S/C19H20O/c1-2-14-10-12-16(13-11-14)19(20)18-9-5-7-15-6-3-4-8-17(15)18/h3-4,6,8,10-13,18H,2,5,7,9H2,1H3. The number of aryl methyl sites for hydroxylation is 2. The molecule has 0 saturated carbocycles. The second-order valence-electron chi connectivity index (χ2n) is 5.56. The van der Waals surface area contributed by atoms with E-state index in [0.717, 1.165) is 31.2 Å². The predicted octanol–water partition coefficient (Wildman–Crippen LogP) is 4.55. The Balaban J connectivity index is 1.91. The SMILES string of the molecule is CCc1ccc(C(=O)C2CCCc3ccccc32)cc1. The molecular weight excluding hydrogens is 244 g/mol. The van der Waals surface area contributed by atoms with Crippen LogP contribution >= 0.6 is 0 Å². The topological polar surface area (TPSA) is 17.1 Å². The van der Waals surface area contributed by atoms with Gasteiger partial charge in [-0.05, 0) is 42.4 Å². The van der Waals surface area contributed by atoms with Gasteiger partial charge in [-0.2, -0.15) is 0 Å². The van der Waals surface area contributed by atoms with Crippen LogP contribution in [0.15, 0.2) is 48.5 Å². The third-order valence-corrected chi connectivity index (χ3v) is 4.33. The number of Topliss-reactive ketones (excluding diaryl/α,β-unsaturated/α-hetero) is 1. The minimum Gasteiger partial charge on any atom is -0.293 e. The number of carbonyl (C=O) groups is 1. The molecule has 2 aromatic carbocycles. The van der Waals surface area contributed by atoms with Gasteiger partial charge in [0.1, 0.15) is 0 Å². The van der Waals surface area contributed by atoms with Crippen LogP contribution in [0.25, 0.3) is 0 Å². The van der Waals surface area contributed by atoms with Crippen LogP contribution in [0.5, 0.6) is 0 Å². The van der Waals surface area contributed by atoms with Crippen molar-refractivity contribution in [2.24, 2.45) is 0 Å². The van der Waals surface area contributed by atoms with E-state index in [1.165, 1.54) is 16.7 Å². The summed E-state index contributed by atoms with van der Waals surface area (Å²) in [7, 11) is 0. The fraction of sp³-hybridized carbons (Fsp3) is 0.316. The first-order valence-electron chi connectivity index (χ1n) is 7.50. The number of ketones is 1. The molecule has 0 fully saturated rings. The molecule has 1 aliphatic carbocycles. The Morgan fingerprint density at radius 2 is 1.85 bits per heavy atom. The van der Waals surface area contributed by atoms with E-state index in [1.54, 1.807) is 0 Å². The Hall–Kier alpha value is -1.89. The highest BCUT2D eigenvalue weighted by atomic mass is 16.1. The Kier molecular flexibility index (Phi) is 3.68. The maximum Gasteiger partial charge on any atom is 0.170 e. The van der Waals surface area contributed by atoms with Gasteiger partial charge < -0.3 is 0 Å². The van der Waals surface area contributed by atoms with Crippen LogP contribution < -0.4 is 0 Å². The molecule has 3 rings (SSSR count). The quantitative estimate of drug-likeness (QED) is 0.743. The maximum atomic E-state index is 12.8. The van der Waals surface area contributed by atoms with Crippen molar-refractivity contribution in [3.05, 3.63) is 70.8 Å². The summed E-state index contributed by atoms with van der Waals surface area (Å²) in [5, 5.41) is 0. The Bertz CT molecular complexity index is 610. The lowest BCUT2D eigenvalue weighted by Gasteiger charge is -2.24. The fourth-order valence-corrected chi connectivity index (χ4v) is 3.13. The van der Waals surface area contributed by atoms with Gasteiger partial charge in [0.25, 0.3) is 0 Å². The molecule has 0 aliphatic heterocycles. The second kappa shape index (κ2) is 5.62. The van der Waals surface area contributed by atoms with Crippen molar-refractivity contribution in [3.63, 3.8) is 0 Å². The summed E-state index contributed by atoms with van der Waals surface area (Å²) in [4.78, 5) is 12.8. The average molecular weight is 264 g/mol. The van der Waals surface area contributed by atoms with E-state index in [2.05, 4.69) is 37.3 Å². The van der Waals surface area contributed by atoms with E-state index in [9.17, 15) is 4.79 Å². The minimum atomic E-state index is 0.0485. The molecule has 0 heterocycles. The van der Waals surface area contributed by atoms with E-state index in [0.29, 0.717) is 0 Å². The molecule has 0 bridgehead atoms. The van der Waals surface area contributed by atoms with Gasteiger partial charge in [-0.1, -0.05) is 55.5 Å². The lowest BCUT2D eigenvalue weighted by molar-refractivity contribution is 0.0951. The van der Waals surface area contributed by atoms with Gasteiger partial charge in [0.05, 0.1) is 0 Å². The normalized spacial score (nSPS) is 17.6. The number of fused-ring (bicyclic) bond motifs is 1. The highest BCUT2D eigenvalue weighted by molar-refractivity contribution is 6.01. The fourth-order valence-electron chi connectivity index (χ4n) is 3.13. The summed E-state index contributed by atoms with van der Waals surface area (Å²) in [5.74, 6) is 0.326. The molecule has 0 amide bonds. The molecule has 0 N–H and O–H groups in total. The van der Waals surface area contributed by atoms with Crippen LogP contribution in [0.2, 0.25) is 0 Å². The molecule has 1 aliphatic rings. The molecule has 2 aromatic rings. The van der Waals surface area contributed by atoms with Crippen molar-refractivity contribution >= 4 is 5.78 Å². The third-order valence-electron chi connectivity index (χ3n) is 4.33. The van der Waals surface area contributed by atoms with Crippen molar-refractivity contribution < 1.29 is 4.79 Å². The van der Waals surface area contributed by atoms with E-state index in [1.807, 2.05) is 18.2 Å². The molecule has 1 heteroatoms. The lowest BCUT2D eigenvalue weighted by atomic mass is 9.79. The summed E-state index contributed by atoms with van der Waals surface area (Å²) in [6.07, 6.45) is 4.21. The number of hydrogen-bond donors (Lipinski definition) is 0. The largest absolute Gasteiger partial charge is 0.293 e. The van der Waals surface area contributed by atoms with E-state index >= 15 is 0 Å². The number of rotatable bonds is 3. The van der Waals surface area contributed by atoms with Gasteiger partial charge in [0, 0.05) is 11.5 Å². The van der Waals surface area contributed by atoms with Crippen LogP contribution in [0, 0.1) is 0 Å². The van der Waals surface area contributed by atoms with Gasteiger partial charge in [0.2, 0.25) is 0 Å². The lowest BCUT2D eigenvalue weighted by Crippen LogP contribution is -2.18. The zero-order valence-electron chi connectivity index (χ0n) is 11.9. The predicted molar refractivity (Wildman–Crippen MR) is 82.3 cm³/mol. The first kappa shape index (κ1) is 13.1. The summed E-state index contributed by atoms with van der Waals surface area (Å²) >= 11 is 0. The molecule has 1 unspecified atom stereocenters. The van der Waals surface area contributed by atoms with Crippen LogP contribution in [0.4, 0.5) is 0 Å². The summed E-state index contributed by atoms with van der Waals surface area (Å²) in [6, 6.07) is 16.5.